The molecule has 2 atom stereocenters. The van der Waals surface area contributed by atoms with Gasteiger partial charge in [-0.3, -0.25) is 0 Å². The minimum Gasteiger partial charge on any atom is -0.496 e. The van der Waals surface area contributed by atoms with E-state index in [1.165, 1.54) is 0 Å². The number of hydrogen-bond donors (Lipinski definition) is 2. The van der Waals surface area contributed by atoms with E-state index in [-0.39, 0.29) is 5.92 Å². The lowest BCUT2D eigenvalue weighted by Gasteiger charge is -2.24. The third-order valence-electron chi connectivity index (χ3n) is 3.79. The van der Waals surface area contributed by atoms with Gasteiger partial charge in [-0.1, -0.05) is 42.5 Å². The summed E-state index contributed by atoms with van der Waals surface area (Å²) in [5, 5.41) is 13.9. The molecule has 0 fully saturated rings. The molecule has 0 aliphatic rings. The molecule has 2 unspecified atom stereocenters. The number of aliphatic hydroxyl groups excluding tert-OH is 1. The molecule has 0 saturated heterocycles. The molecule has 0 aliphatic carbocycles. The molecular weight excluding hydrogens is 262 g/mol. The van der Waals surface area contributed by atoms with Crippen LogP contribution in [0, 0.1) is 6.92 Å². The van der Waals surface area contributed by atoms with Crippen molar-refractivity contribution in [2.45, 2.75) is 18.9 Å². The van der Waals surface area contributed by atoms with Crippen molar-refractivity contribution in [1.82, 2.24) is 5.32 Å². The van der Waals surface area contributed by atoms with Crippen molar-refractivity contribution >= 4 is 0 Å². The summed E-state index contributed by atoms with van der Waals surface area (Å²) in [5.41, 5.74) is 3.13. The predicted octanol–water partition coefficient (Wildman–Crippen LogP) is 3.04. The maximum Gasteiger partial charge on any atom is 0.121 e. The molecule has 0 bridgehead atoms. The number of methoxy groups -OCH3 is 1. The van der Waals surface area contributed by atoms with Crippen molar-refractivity contribution in [3.05, 3.63) is 65.2 Å². The largest absolute Gasteiger partial charge is 0.496 e. The van der Waals surface area contributed by atoms with Crippen LogP contribution < -0.4 is 10.1 Å². The van der Waals surface area contributed by atoms with Crippen LogP contribution in [0.2, 0.25) is 0 Å². The van der Waals surface area contributed by atoms with Crippen molar-refractivity contribution in [3.63, 3.8) is 0 Å². The third-order valence-corrected chi connectivity index (χ3v) is 3.79. The molecule has 0 radical (unpaired) electrons. The fourth-order valence-corrected chi connectivity index (χ4v) is 2.65. The third kappa shape index (κ3) is 3.63. The molecule has 2 aromatic rings. The van der Waals surface area contributed by atoms with Gasteiger partial charge in [-0.25, -0.2) is 0 Å². The Hall–Kier alpha value is -1.84. The van der Waals surface area contributed by atoms with Gasteiger partial charge < -0.3 is 15.2 Å². The van der Waals surface area contributed by atoms with Gasteiger partial charge in [0.25, 0.3) is 0 Å². The second-order valence-electron chi connectivity index (χ2n) is 5.25. The summed E-state index contributed by atoms with van der Waals surface area (Å²) in [6, 6.07) is 15.9. The Bertz CT molecular complexity index is 569. The molecule has 0 saturated carbocycles. The van der Waals surface area contributed by atoms with Gasteiger partial charge in [0, 0.05) is 12.5 Å². The monoisotopic (exact) mass is 285 g/mol. The number of nitrogens with one attached hydrogen (secondary N) is 1. The number of ether oxygens (including phenoxy) is 1. The molecule has 3 nitrogen and oxygen atoms in total. The van der Waals surface area contributed by atoms with Crippen molar-refractivity contribution in [2.75, 3.05) is 20.7 Å². The Morgan fingerprint density at radius 2 is 1.81 bits per heavy atom. The highest BCUT2D eigenvalue weighted by Gasteiger charge is 2.22. The highest BCUT2D eigenvalue weighted by atomic mass is 16.5. The van der Waals surface area contributed by atoms with Crippen molar-refractivity contribution in [2.24, 2.45) is 0 Å². The highest BCUT2D eigenvalue weighted by molar-refractivity contribution is 5.39. The van der Waals surface area contributed by atoms with Crippen LogP contribution in [0.25, 0.3) is 0 Å². The maximum atomic E-state index is 10.7. The number of likely N-dealkylation sites (N-methyl/N-ethyl adjacent to an activating group) is 1. The van der Waals surface area contributed by atoms with Crippen LogP contribution >= 0.6 is 0 Å². The Morgan fingerprint density at radius 1 is 1.10 bits per heavy atom. The Balaban J connectivity index is 2.32. The van der Waals surface area contributed by atoms with Crippen LogP contribution in [-0.2, 0) is 0 Å². The second kappa shape index (κ2) is 7.25. The van der Waals surface area contributed by atoms with Crippen molar-refractivity contribution < 1.29 is 9.84 Å². The summed E-state index contributed by atoms with van der Waals surface area (Å²) >= 11 is 0. The quantitative estimate of drug-likeness (QED) is 0.857. The second-order valence-corrected chi connectivity index (χ2v) is 5.25. The van der Waals surface area contributed by atoms with Crippen LogP contribution in [-0.4, -0.2) is 25.8 Å². The minimum absolute atomic E-state index is 0.00186. The zero-order valence-electron chi connectivity index (χ0n) is 12.8. The van der Waals surface area contributed by atoms with Crippen LogP contribution in [0.1, 0.15) is 28.7 Å². The molecule has 21 heavy (non-hydrogen) atoms. The molecular formula is C18H23NO2. The van der Waals surface area contributed by atoms with Crippen LogP contribution in [0.4, 0.5) is 0 Å². The average Bonchev–Trinajstić information content (AvgIpc) is 2.52. The van der Waals surface area contributed by atoms with Gasteiger partial charge in [-0.05, 0) is 36.7 Å². The molecule has 2 aromatic carbocycles. The number of rotatable bonds is 6. The van der Waals surface area contributed by atoms with Gasteiger partial charge in [-0.2, -0.15) is 0 Å². The first-order valence-electron chi connectivity index (χ1n) is 7.19. The zero-order valence-corrected chi connectivity index (χ0v) is 12.8. The molecule has 0 amide bonds. The van der Waals surface area contributed by atoms with Crippen molar-refractivity contribution in [3.8, 4) is 5.75 Å². The lowest BCUT2D eigenvalue weighted by molar-refractivity contribution is 0.144. The van der Waals surface area contributed by atoms with E-state index in [1.54, 1.807) is 7.11 Å². The van der Waals surface area contributed by atoms with Crippen LogP contribution in [0.5, 0.6) is 5.75 Å². The lowest BCUT2D eigenvalue weighted by atomic mass is 9.88. The smallest absolute Gasteiger partial charge is 0.121 e. The van der Waals surface area contributed by atoms with Gasteiger partial charge in [0.2, 0.25) is 0 Å². The molecule has 0 aliphatic heterocycles. The SMILES string of the molecule is CNCC(c1ccc(OC)c(C)c1)C(O)c1ccccc1. The summed E-state index contributed by atoms with van der Waals surface area (Å²) in [6.45, 7) is 2.73. The molecule has 0 aromatic heterocycles. The zero-order chi connectivity index (χ0) is 15.2. The Kier molecular flexibility index (Phi) is 5.37. The predicted molar refractivity (Wildman–Crippen MR) is 85.8 cm³/mol. The van der Waals surface area contributed by atoms with E-state index in [0.29, 0.717) is 6.54 Å². The number of benzene rings is 2. The summed E-state index contributed by atoms with van der Waals surface area (Å²) in [6.07, 6.45) is -0.536. The van der Waals surface area contributed by atoms with Gasteiger partial charge in [0.1, 0.15) is 5.75 Å². The molecule has 2 N–H and O–H groups in total. The summed E-state index contributed by atoms with van der Waals surface area (Å²) < 4.78 is 5.31. The average molecular weight is 285 g/mol. The molecule has 3 heteroatoms. The maximum absolute atomic E-state index is 10.7. The van der Waals surface area contributed by atoms with Crippen LogP contribution in [0.15, 0.2) is 48.5 Å². The van der Waals surface area contributed by atoms with Gasteiger partial charge >= 0.3 is 0 Å². The van der Waals surface area contributed by atoms with Crippen LogP contribution in [0.3, 0.4) is 0 Å². The summed E-state index contributed by atoms with van der Waals surface area (Å²) in [7, 11) is 3.58. The first-order chi connectivity index (χ1) is 10.2. The van der Waals surface area contributed by atoms with E-state index in [4.69, 9.17) is 4.74 Å². The first-order valence-corrected chi connectivity index (χ1v) is 7.19. The highest BCUT2D eigenvalue weighted by Crippen LogP contribution is 2.32. The van der Waals surface area contributed by atoms with Gasteiger partial charge in [-0.15, -0.1) is 0 Å². The van der Waals surface area contributed by atoms with E-state index in [0.717, 1.165) is 22.4 Å². The topological polar surface area (TPSA) is 41.5 Å². The number of aliphatic hydroxyl groups is 1. The standard InChI is InChI=1S/C18H23NO2/c1-13-11-15(9-10-17(13)21-3)16(12-19-2)18(20)14-7-5-4-6-8-14/h4-11,16,18-20H,12H2,1-3H3. The fourth-order valence-electron chi connectivity index (χ4n) is 2.65. The molecule has 0 heterocycles. The molecule has 112 valence electrons. The van der Waals surface area contributed by atoms with Crippen molar-refractivity contribution in [1.29, 1.82) is 0 Å². The first kappa shape index (κ1) is 15.5. The molecule has 2 rings (SSSR count). The van der Waals surface area contributed by atoms with Gasteiger partial charge in [0.15, 0.2) is 0 Å². The van der Waals surface area contributed by atoms with E-state index < -0.39 is 6.10 Å². The van der Waals surface area contributed by atoms with E-state index in [1.807, 2.05) is 56.4 Å². The molecule has 0 spiro atoms. The van der Waals surface area contributed by atoms with Gasteiger partial charge in [0.05, 0.1) is 13.2 Å². The Labute approximate surface area is 126 Å². The van der Waals surface area contributed by atoms with E-state index in [9.17, 15) is 5.11 Å². The van der Waals surface area contributed by atoms with E-state index in [2.05, 4.69) is 11.4 Å². The minimum atomic E-state index is -0.536. The Morgan fingerprint density at radius 3 is 2.38 bits per heavy atom. The number of hydrogen-bond acceptors (Lipinski definition) is 3. The number of aryl methyl sites for hydroxylation is 1. The normalized spacial score (nSPS) is 13.7. The summed E-state index contributed by atoms with van der Waals surface area (Å²) in [4.78, 5) is 0. The van der Waals surface area contributed by atoms with E-state index >= 15 is 0 Å². The lowest BCUT2D eigenvalue weighted by Crippen LogP contribution is -2.23. The fraction of sp³-hybridized carbons (Fsp3) is 0.333. The summed E-state index contributed by atoms with van der Waals surface area (Å²) in [5.74, 6) is 0.873.